The number of nitrogens with one attached hydrogen (secondary N) is 1. The Kier molecular flexibility index (Phi) is 8.42. The van der Waals surface area contributed by atoms with Crippen LogP contribution in [0.2, 0.25) is 0 Å². The fraction of sp³-hybridized carbons (Fsp3) is 0.767. The molecule has 0 aromatic heterocycles. The molecular formula is C30H46N2O7S. The molecule has 4 bridgehead atoms. The molecule has 0 radical (unpaired) electrons. The summed E-state index contributed by atoms with van der Waals surface area (Å²) in [6.07, 6.45) is 11.8. The van der Waals surface area contributed by atoms with E-state index in [1.165, 1.54) is 44.2 Å². The van der Waals surface area contributed by atoms with Crippen LogP contribution in [0.5, 0.6) is 0 Å². The second kappa shape index (κ2) is 11.3. The van der Waals surface area contributed by atoms with Crippen molar-refractivity contribution in [1.29, 1.82) is 0 Å². The minimum Gasteiger partial charge on any atom is -0.354 e. The van der Waals surface area contributed by atoms with E-state index in [0.29, 0.717) is 30.7 Å². The summed E-state index contributed by atoms with van der Waals surface area (Å²) in [4.78, 5) is 24.1. The maximum Gasteiger partial charge on any atom is 0.294 e. The Hall–Kier alpha value is -1.56. The molecular weight excluding hydrogens is 532 g/mol. The number of nitrogens with two attached hydrogens (primary N) is 1. The normalized spacial score (nSPS) is 36.5. The number of carbonyl (C=O) groups excluding carboxylic acids is 1. The molecule has 4 N–H and O–H groups in total. The molecule has 7 rings (SSSR count). The third-order valence-electron chi connectivity index (χ3n) is 9.65. The first-order chi connectivity index (χ1) is 18.8. The number of rotatable bonds is 6. The average molecular weight is 579 g/mol. The third kappa shape index (κ3) is 6.73. The van der Waals surface area contributed by atoms with E-state index in [0.717, 1.165) is 49.5 Å². The molecule has 5 aliphatic carbocycles. The van der Waals surface area contributed by atoms with Gasteiger partial charge in [-0.1, -0.05) is 17.7 Å². The molecule has 1 heterocycles. The average Bonchev–Trinajstić information content (AvgIpc) is 3.25. The van der Waals surface area contributed by atoms with Crippen molar-refractivity contribution in [3.63, 3.8) is 0 Å². The van der Waals surface area contributed by atoms with Crippen LogP contribution in [0.3, 0.4) is 0 Å². The summed E-state index contributed by atoms with van der Waals surface area (Å²) < 4.78 is 36.3. The van der Waals surface area contributed by atoms with E-state index in [1.807, 2.05) is 20.8 Å². The lowest BCUT2D eigenvalue weighted by molar-refractivity contribution is -0.390. The molecule has 1 amide bonds. The second-order valence-corrected chi connectivity index (χ2v) is 15.2. The monoisotopic (exact) mass is 578 g/mol. The van der Waals surface area contributed by atoms with Gasteiger partial charge in [0.25, 0.3) is 10.1 Å². The summed E-state index contributed by atoms with van der Waals surface area (Å²) in [6.45, 7) is 6.21. The van der Waals surface area contributed by atoms with Crippen LogP contribution in [0.15, 0.2) is 29.2 Å². The molecule has 0 atom stereocenters. The number of hydrogen-bond acceptors (Lipinski definition) is 7. The van der Waals surface area contributed by atoms with Gasteiger partial charge in [-0.3, -0.25) is 9.35 Å². The summed E-state index contributed by atoms with van der Waals surface area (Å²) in [6, 6.07) is 5.99. The van der Waals surface area contributed by atoms with Crippen molar-refractivity contribution < 1.29 is 32.3 Å². The van der Waals surface area contributed by atoms with Gasteiger partial charge in [0.05, 0.1) is 4.90 Å². The molecule has 2 spiro atoms. The standard InChI is InChI=1S/C23H38N2O4.C7H8O3S/c1-21(2,24)14-25-20(26)4-3-15-5-7-22(8-6-15)27-23(29-28-22)18-10-16-9-17(12-18)13-19(23)11-16;1-6-2-4-7(5-3-6)11(8,9)10/h15-19H,3-14,24H2,1-2H3,(H,25,26);2-5H,1H3,(H,8,9,10). The first kappa shape index (κ1) is 29.9. The maximum absolute atomic E-state index is 12.1. The Morgan fingerprint density at radius 3 is 2.12 bits per heavy atom. The van der Waals surface area contributed by atoms with Gasteiger partial charge < -0.3 is 15.8 Å². The van der Waals surface area contributed by atoms with Crippen LogP contribution in [0.4, 0.5) is 0 Å². The molecule has 1 saturated heterocycles. The lowest BCUT2D eigenvalue weighted by atomic mass is 9.53. The first-order valence-electron chi connectivity index (χ1n) is 14.9. The predicted octanol–water partition coefficient (Wildman–Crippen LogP) is 4.88. The van der Waals surface area contributed by atoms with Crippen molar-refractivity contribution >= 4 is 16.0 Å². The zero-order valence-electron chi connectivity index (χ0n) is 24.1. The van der Waals surface area contributed by atoms with Crippen LogP contribution in [-0.2, 0) is 29.4 Å². The molecule has 224 valence electrons. The fourth-order valence-corrected chi connectivity index (χ4v) is 8.14. The number of ether oxygens (including phenoxy) is 1. The van der Waals surface area contributed by atoms with E-state index in [4.69, 9.17) is 24.8 Å². The number of hydrogen-bond donors (Lipinski definition) is 3. The number of aryl methyl sites for hydroxylation is 1. The second-order valence-electron chi connectivity index (χ2n) is 13.7. The summed E-state index contributed by atoms with van der Waals surface area (Å²) in [5.41, 5.74) is 6.53. The van der Waals surface area contributed by atoms with Gasteiger partial charge in [-0.05, 0) is 102 Å². The van der Waals surface area contributed by atoms with Gasteiger partial charge in [0.15, 0.2) is 0 Å². The van der Waals surface area contributed by atoms with Crippen molar-refractivity contribution in [2.45, 2.75) is 113 Å². The van der Waals surface area contributed by atoms with Crippen LogP contribution in [0, 0.1) is 36.5 Å². The number of amides is 1. The van der Waals surface area contributed by atoms with Gasteiger partial charge in [-0.15, -0.1) is 0 Å². The Bertz CT molecular complexity index is 1130. The molecule has 0 unspecified atom stereocenters. The Morgan fingerprint density at radius 1 is 1.02 bits per heavy atom. The van der Waals surface area contributed by atoms with Gasteiger partial charge in [-0.2, -0.15) is 18.2 Å². The molecule has 6 aliphatic rings. The number of carbonyl (C=O) groups is 1. The van der Waals surface area contributed by atoms with E-state index in [2.05, 4.69) is 5.32 Å². The van der Waals surface area contributed by atoms with E-state index in [9.17, 15) is 13.2 Å². The molecule has 10 heteroatoms. The van der Waals surface area contributed by atoms with Gasteiger partial charge in [0.2, 0.25) is 17.5 Å². The largest absolute Gasteiger partial charge is 0.354 e. The minimum atomic E-state index is -4.02. The van der Waals surface area contributed by atoms with Crippen molar-refractivity contribution in [2.24, 2.45) is 35.3 Å². The van der Waals surface area contributed by atoms with Crippen molar-refractivity contribution in [2.75, 3.05) is 6.54 Å². The zero-order chi connectivity index (χ0) is 28.8. The predicted molar refractivity (Wildman–Crippen MR) is 149 cm³/mol. The minimum absolute atomic E-state index is 0.0666. The van der Waals surface area contributed by atoms with Crippen LogP contribution in [0.25, 0.3) is 0 Å². The van der Waals surface area contributed by atoms with E-state index in [1.54, 1.807) is 12.1 Å². The van der Waals surface area contributed by atoms with Gasteiger partial charge in [0.1, 0.15) is 0 Å². The summed E-state index contributed by atoms with van der Waals surface area (Å²) >= 11 is 0. The molecule has 1 aromatic rings. The molecule has 1 aliphatic heterocycles. The first-order valence-corrected chi connectivity index (χ1v) is 16.4. The highest BCUT2D eigenvalue weighted by Crippen LogP contribution is 2.63. The van der Waals surface area contributed by atoms with E-state index >= 15 is 0 Å². The maximum atomic E-state index is 12.1. The molecule has 40 heavy (non-hydrogen) atoms. The Balaban J connectivity index is 0.000000248. The smallest absolute Gasteiger partial charge is 0.294 e. The van der Waals surface area contributed by atoms with E-state index in [-0.39, 0.29) is 16.3 Å². The van der Waals surface area contributed by atoms with Gasteiger partial charge >= 0.3 is 0 Å². The van der Waals surface area contributed by atoms with Gasteiger partial charge in [-0.25, -0.2) is 0 Å². The van der Waals surface area contributed by atoms with Crippen molar-refractivity contribution in [3.05, 3.63) is 29.8 Å². The van der Waals surface area contributed by atoms with Crippen molar-refractivity contribution in [1.82, 2.24) is 5.32 Å². The highest BCUT2D eigenvalue weighted by Gasteiger charge is 2.66. The highest BCUT2D eigenvalue weighted by molar-refractivity contribution is 7.85. The molecule has 6 fully saturated rings. The van der Waals surface area contributed by atoms with Crippen LogP contribution in [0.1, 0.15) is 90.0 Å². The third-order valence-corrected chi connectivity index (χ3v) is 10.5. The fourth-order valence-electron chi connectivity index (χ4n) is 7.66. The van der Waals surface area contributed by atoms with E-state index < -0.39 is 21.7 Å². The van der Waals surface area contributed by atoms with Crippen LogP contribution >= 0.6 is 0 Å². The molecule has 9 nitrogen and oxygen atoms in total. The summed E-state index contributed by atoms with van der Waals surface area (Å²) in [5, 5.41) is 2.95. The Labute approximate surface area is 238 Å². The summed E-state index contributed by atoms with van der Waals surface area (Å²) in [5.74, 6) is 2.47. The summed E-state index contributed by atoms with van der Waals surface area (Å²) in [7, 11) is -4.02. The van der Waals surface area contributed by atoms with Crippen molar-refractivity contribution in [3.8, 4) is 0 Å². The molecule has 5 saturated carbocycles. The quantitative estimate of drug-likeness (QED) is 0.321. The highest BCUT2D eigenvalue weighted by atomic mass is 32.2. The topological polar surface area (TPSA) is 137 Å². The number of benzene rings is 1. The Morgan fingerprint density at radius 2 is 1.60 bits per heavy atom. The lowest BCUT2D eigenvalue weighted by Crippen LogP contribution is -2.59. The SMILES string of the molecule is CC(C)(N)CNC(=O)CCC1CCC2(CC1)OOC1(O2)C2CC3CC(C2)CC1C3.Cc1ccc(S(=O)(=O)O)cc1. The zero-order valence-corrected chi connectivity index (χ0v) is 24.9. The van der Waals surface area contributed by atoms with Crippen LogP contribution < -0.4 is 11.1 Å². The lowest BCUT2D eigenvalue weighted by Gasteiger charge is -2.57. The molecule has 1 aromatic carbocycles. The van der Waals surface area contributed by atoms with Crippen LogP contribution in [-0.4, -0.2) is 42.5 Å². The van der Waals surface area contributed by atoms with Gasteiger partial charge in [0, 0.05) is 43.2 Å².